The summed E-state index contributed by atoms with van der Waals surface area (Å²) in [7, 11) is -3.45. The average molecular weight is 559 g/mol. The van der Waals surface area contributed by atoms with Crippen LogP contribution < -0.4 is 9.46 Å². The van der Waals surface area contributed by atoms with Gasteiger partial charge in [0, 0.05) is 25.6 Å². The molecule has 2 saturated heterocycles. The lowest BCUT2D eigenvalue weighted by Crippen LogP contribution is -2.58. The monoisotopic (exact) mass is 558 g/mol. The van der Waals surface area contributed by atoms with Gasteiger partial charge in [-0.3, -0.25) is 0 Å². The highest BCUT2D eigenvalue weighted by Crippen LogP contribution is 2.32. The second kappa shape index (κ2) is 12.5. The zero-order chi connectivity index (χ0) is 26.6. The summed E-state index contributed by atoms with van der Waals surface area (Å²) in [5.74, 6) is 0.494. The van der Waals surface area contributed by atoms with Crippen LogP contribution in [0.1, 0.15) is 18.4 Å². The van der Waals surface area contributed by atoms with Gasteiger partial charge in [-0.25, -0.2) is 0 Å². The fraction of sp³-hybridized carbons (Fsp3) is 0.600. The minimum atomic E-state index is -3.45. The van der Waals surface area contributed by atoms with Crippen molar-refractivity contribution in [1.82, 2.24) is 9.03 Å². The smallest absolute Gasteiger partial charge is 0.279 e. The number of halogens is 1. The van der Waals surface area contributed by atoms with Gasteiger partial charge in [0.05, 0.1) is 12.0 Å². The number of hydrogen-bond acceptors (Lipinski definition) is 8. The molecule has 0 spiro atoms. The molecule has 5 N–H and O–H groups in total. The topological polar surface area (TPSA) is 149 Å². The molecule has 2 fully saturated rings. The van der Waals surface area contributed by atoms with E-state index in [1.54, 1.807) is 12.2 Å². The Balaban J connectivity index is 1.31. The zero-order valence-corrected chi connectivity index (χ0v) is 22.0. The van der Waals surface area contributed by atoms with Gasteiger partial charge in [0.25, 0.3) is 10.2 Å². The lowest BCUT2D eigenvalue weighted by molar-refractivity contribution is -0.218. The van der Waals surface area contributed by atoms with Gasteiger partial charge in [-0.2, -0.15) is 17.4 Å². The number of aliphatic hydroxyl groups is 4. The molecule has 7 atom stereocenters. The number of alkyl halides is 1. The lowest BCUT2D eigenvalue weighted by Gasteiger charge is -2.41. The fourth-order valence-corrected chi connectivity index (χ4v) is 6.33. The Labute approximate surface area is 222 Å². The maximum Gasteiger partial charge on any atom is 0.279 e. The summed E-state index contributed by atoms with van der Waals surface area (Å²) in [5.41, 5.74) is 1.62. The zero-order valence-electron chi connectivity index (χ0n) is 20.4. The van der Waals surface area contributed by atoms with Crippen molar-refractivity contribution in [2.75, 3.05) is 32.8 Å². The van der Waals surface area contributed by atoms with E-state index in [0.717, 1.165) is 18.4 Å². The van der Waals surface area contributed by atoms with Gasteiger partial charge in [-0.1, -0.05) is 30.4 Å². The quantitative estimate of drug-likeness (QED) is 0.200. The molecule has 2 heterocycles. The highest BCUT2D eigenvalue weighted by Gasteiger charge is 2.44. The Morgan fingerprint density at radius 3 is 2.46 bits per heavy atom. The second-order valence-electron chi connectivity index (χ2n) is 9.59. The summed E-state index contributed by atoms with van der Waals surface area (Å²) in [6, 6.07) is 7.45. The van der Waals surface area contributed by atoms with E-state index >= 15 is 0 Å². The molecule has 12 heteroatoms. The molecule has 4 rings (SSSR count). The highest BCUT2D eigenvalue weighted by molar-refractivity contribution is 7.87. The molecule has 1 aliphatic carbocycles. The summed E-state index contributed by atoms with van der Waals surface area (Å²) in [6.45, 7) is 0.996. The second-order valence-corrected chi connectivity index (χ2v) is 11.8. The molecule has 0 aromatic heterocycles. The predicted molar refractivity (Wildman–Crippen MR) is 137 cm³/mol. The number of rotatable bonds is 10. The van der Waals surface area contributed by atoms with Crippen LogP contribution in [0.15, 0.2) is 48.1 Å². The van der Waals surface area contributed by atoms with E-state index in [2.05, 4.69) is 4.72 Å². The molecule has 0 bridgehead atoms. The van der Waals surface area contributed by atoms with Crippen molar-refractivity contribution in [2.24, 2.45) is 5.92 Å². The predicted octanol–water partition coefficient (Wildman–Crippen LogP) is 0.100. The Kier molecular flexibility index (Phi) is 9.65. The van der Waals surface area contributed by atoms with Crippen molar-refractivity contribution in [3.63, 3.8) is 0 Å². The van der Waals surface area contributed by atoms with Crippen LogP contribution in [0.4, 0.5) is 0 Å². The summed E-state index contributed by atoms with van der Waals surface area (Å²) < 4.78 is 39.7. The van der Waals surface area contributed by atoms with E-state index in [-0.39, 0.29) is 24.4 Å². The number of hydrogen-bond donors (Lipinski definition) is 5. The van der Waals surface area contributed by atoms with Gasteiger partial charge in [0.2, 0.25) is 0 Å². The van der Waals surface area contributed by atoms with E-state index in [0.29, 0.717) is 30.8 Å². The van der Waals surface area contributed by atoms with Gasteiger partial charge in [0.15, 0.2) is 0 Å². The number of allylic oxidation sites excluding steroid dienone is 2. The van der Waals surface area contributed by atoms with Crippen LogP contribution >= 0.6 is 11.6 Å². The Morgan fingerprint density at radius 1 is 1.08 bits per heavy atom. The summed E-state index contributed by atoms with van der Waals surface area (Å²) in [6.07, 6.45) is 1.69. The van der Waals surface area contributed by atoms with Crippen molar-refractivity contribution in [3.8, 4) is 5.75 Å². The summed E-state index contributed by atoms with van der Waals surface area (Å²) >= 11 is 6.53. The number of aliphatic hydroxyl groups excluding tert-OH is 4. The molecular weight excluding hydrogens is 524 g/mol. The van der Waals surface area contributed by atoms with Crippen LogP contribution in [0.5, 0.6) is 5.75 Å². The van der Waals surface area contributed by atoms with Crippen LogP contribution in [0.3, 0.4) is 0 Å². The van der Waals surface area contributed by atoms with Crippen molar-refractivity contribution >= 4 is 21.8 Å². The van der Waals surface area contributed by atoms with Gasteiger partial charge < -0.3 is 29.9 Å². The number of nitrogens with zero attached hydrogens (tertiary/aromatic N) is 1. The first-order valence-corrected chi connectivity index (χ1v) is 14.4. The number of benzene rings is 1. The molecule has 2 aliphatic heterocycles. The maximum atomic E-state index is 12.2. The minimum Gasteiger partial charge on any atom is -0.492 e. The first kappa shape index (κ1) is 28.5. The molecule has 10 nitrogen and oxygen atoms in total. The fourth-order valence-electron chi connectivity index (χ4n) is 4.83. The molecule has 0 radical (unpaired) electrons. The van der Waals surface area contributed by atoms with Crippen molar-refractivity contribution in [1.29, 1.82) is 0 Å². The Morgan fingerprint density at radius 2 is 1.78 bits per heavy atom. The van der Waals surface area contributed by atoms with Crippen molar-refractivity contribution < 1.29 is 38.3 Å². The maximum absolute atomic E-state index is 12.2. The largest absolute Gasteiger partial charge is 0.492 e. The first-order chi connectivity index (χ1) is 17.7. The molecule has 0 saturated carbocycles. The molecular formula is C25H35ClN2O8S. The van der Waals surface area contributed by atoms with E-state index in [1.165, 1.54) is 4.31 Å². The molecule has 3 aliphatic rings. The van der Waals surface area contributed by atoms with Crippen LogP contribution in [0, 0.1) is 5.92 Å². The van der Waals surface area contributed by atoms with Gasteiger partial charge >= 0.3 is 0 Å². The van der Waals surface area contributed by atoms with E-state index in [1.807, 2.05) is 30.3 Å². The van der Waals surface area contributed by atoms with Crippen LogP contribution in [0.2, 0.25) is 0 Å². The van der Waals surface area contributed by atoms with E-state index in [4.69, 9.17) is 21.1 Å². The highest BCUT2D eigenvalue weighted by atomic mass is 35.5. The third-order valence-corrected chi connectivity index (χ3v) is 9.05. The number of ether oxygens (including phenoxy) is 2. The van der Waals surface area contributed by atoms with Gasteiger partial charge in [0.1, 0.15) is 42.9 Å². The standard InChI is InChI=1S/C25H35ClN2O8S/c26-20-8-5-17(25-24(32)23(31)22(30)21(15-29)36-25)14-18(20)13-16-3-6-19(7-4-16)35-12-9-27-37(33,34)28-10-1-2-11-28/h3-8,14,18,20-25,27,29-32H,1-2,9-13,15H2. The van der Waals surface area contributed by atoms with E-state index in [9.17, 15) is 28.8 Å². The summed E-state index contributed by atoms with van der Waals surface area (Å²) in [4.78, 5) is 0. The van der Waals surface area contributed by atoms with Crippen LogP contribution in [0.25, 0.3) is 0 Å². The first-order valence-electron chi connectivity index (χ1n) is 12.5. The van der Waals surface area contributed by atoms with Gasteiger partial charge in [-0.15, -0.1) is 11.6 Å². The SMILES string of the molecule is O=S(=O)(NCCOc1ccc(CC2C=C(C3OC(CO)C(O)C(O)C3O)C=CC2Cl)cc1)N1CCCC1. The minimum absolute atomic E-state index is 0.124. The van der Waals surface area contributed by atoms with Gasteiger partial charge in [-0.05, 0) is 42.5 Å². The third kappa shape index (κ3) is 6.92. The average Bonchev–Trinajstić information content (AvgIpc) is 3.44. The Bertz CT molecular complexity index is 1060. The molecule has 0 amide bonds. The summed E-state index contributed by atoms with van der Waals surface area (Å²) in [5, 5.41) is 39.8. The molecule has 7 unspecified atom stereocenters. The Hall–Kier alpha value is -1.54. The van der Waals surface area contributed by atoms with Crippen molar-refractivity contribution in [2.45, 2.75) is 55.2 Å². The van der Waals surface area contributed by atoms with Crippen LogP contribution in [-0.4, -0.2) is 102 Å². The number of nitrogens with one attached hydrogen (secondary N) is 1. The molecule has 206 valence electrons. The van der Waals surface area contributed by atoms with Crippen LogP contribution in [-0.2, 0) is 21.4 Å². The molecule has 37 heavy (non-hydrogen) atoms. The van der Waals surface area contributed by atoms with Crippen molar-refractivity contribution in [3.05, 3.63) is 53.6 Å². The lowest BCUT2D eigenvalue weighted by atomic mass is 9.84. The third-order valence-electron chi connectivity index (χ3n) is 6.96. The molecule has 1 aromatic rings. The molecule has 1 aromatic carbocycles. The normalized spacial score (nSPS) is 32.9. The van der Waals surface area contributed by atoms with E-state index < -0.39 is 47.3 Å².